The lowest BCUT2D eigenvalue weighted by molar-refractivity contribution is 0.133. The molecule has 2 heterocycles. The Morgan fingerprint density at radius 2 is 2.06 bits per heavy atom. The third kappa shape index (κ3) is 3.70. The Bertz CT molecular complexity index is 368. The van der Waals surface area contributed by atoms with Crippen LogP contribution in [0.15, 0.2) is 18.3 Å². The number of piperidine rings is 1. The molecule has 18 heavy (non-hydrogen) atoms. The van der Waals surface area contributed by atoms with Gasteiger partial charge in [0.05, 0.1) is 5.69 Å². The van der Waals surface area contributed by atoms with E-state index in [1.807, 2.05) is 12.3 Å². The Balaban J connectivity index is 1.97. The first-order valence-electron chi connectivity index (χ1n) is 7.08. The smallest absolute Gasteiger partial charge is 0.0564 e. The number of nitrogens with zero attached hydrogens (tertiary/aromatic N) is 2. The molecule has 0 radical (unpaired) electrons. The van der Waals surface area contributed by atoms with E-state index < -0.39 is 0 Å². The van der Waals surface area contributed by atoms with Crippen molar-refractivity contribution in [3.63, 3.8) is 0 Å². The monoisotopic (exact) mass is 247 g/mol. The van der Waals surface area contributed by atoms with Crippen LogP contribution in [0.1, 0.15) is 32.9 Å². The van der Waals surface area contributed by atoms with Gasteiger partial charge in [-0.2, -0.15) is 0 Å². The van der Waals surface area contributed by atoms with Gasteiger partial charge < -0.3 is 5.32 Å². The molecule has 3 heteroatoms. The average Bonchev–Trinajstić information content (AvgIpc) is 2.28. The largest absolute Gasteiger partial charge is 0.385 e. The van der Waals surface area contributed by atoms with Crippen molar-refractivity contribution in [1.29, 1.82) is 0 Å². The molecule has 0 spiro atoms. The van der Waals surface area contributed by atoms with Gasteiger partial charge in [-0.15, -0.1) is 0 Å². The molecule has 1 aliphatic heterocycles. The van der Waals surface area contributed by atoms with Crippen molar-refractivity contribution >= 4 is 5.69 Å². The summed E-state index contributed by atoms with van der Waals surface area (Å²) >= 11 is 0. The summed E-state index contributed by atoms with van der Waals surface area (Å²) in [5, 5.41) is 3.34. The molecule has 2 rings (SSSR count). The lowest BCUT2D eigenvalue weighted by Gasteiger charge is -2.34. The van der Waals surface area contributed by atoms with Crippen LogP contribution in [0.3, 0.4) is 0 Å². The van der Waals surface area contributed by atoms with Crippen molar-refractivity contribution in [2.75, 3.05) is 25.0 Å². The van der Waals surface area contributed by atoms with Crippen molar-refractivity contribution in [2.24, 2.45) is 11.8 Å². The van der Waals surface area contributed by atoms with Crippen molar-refractivity contribution in [3.8, 4) is 0 Å². The summed E-state index contributed by atoms with van der Waals surface area (Å²) in [5.41, 5.74) is 2.36. The minimum Gasteiger partial charge on any atom is -0.385 e. The third-order valence-corrected chi connectivity index (χ3v) is 3.53. The number of hydrogen-bond acceptors (Lipinski definition) is 3. The predicted molar refractivity (Wildman–Crippen MR) is 76.6 cm³/mol. The van der Waals surface area contributed by atoms with Crippen LogP contribution >= 0.6 is 0 Å². The zero-order valence-corrected chi connectivity index (χ0v) is 11.8. The van der Waals surface area contributed by atoms with Gasteiger partial charge in [0.2, 0.25) is 0 Å². The highest BCUT2D eigenvalue weighted by molar-refractivity contribution is 5.42. The average molecular weight is 247 g/mol. The van der Waals surface area contributed by atoms with E-state index in [0.717, 1.165) is 24.9 Å². The van der Waals surface area contributed by atoms with Crippen LogP contribution in [0.2, 0.25) is 0 Å². The molecule has 1 saturated heterocycles. The van der Waals surface area contributed by atoms with Crippen LogP contribution in [0.5, 0.6) is 0 Å². The second-order valence-electron chi connectivity index (χ2n) is 5.71. The predicted octanol–water partition coefficient (Wildman–Crippen LogP) is 2.99. The SMILES string of the molecule is CCNc1ccnc(CN2CC(C)CC(C)C2)c1. The number of hydrogen-bond donors (Lipinski definition) is 1. The van der Waals surface area contributed by atoms with Crippen molar-refractivity contribution < 1.29 is 0 Å². The molecule has 0 aliphatic carbocycles. The minimum absolute atomic E-state index is 0.811. The Morgan fingerprint density at radius 3 is 2.72 bits per heavy atom. The summed E-state index contributed by atoms with van der Waals surface area (Å²) in [6, 6.07) is 4.21. The van der Waals surface area contributed by atoms with Gasteiger partial charge in [-0.25, -0.2) is 0 Å². The molecule has 2 unspecified atom stereocenters. The first-order chi connectivity index (χ1) is 8.67. The fraction of sp³-hybridized carbons (Fsp3) is 0.667. The molecular formula is C15H25N3. The molecule has 1 aliphatic rings. The molecule has 0 aromatic carbocycles. The highest BCUT2D eigenvalue weighted by Crippen LogP contribution is 2.22. The maximum absolute atomic E-state index is 4.48. The fourth-order valence-corrected chi connectivity index (χ4v) is 3.03. The molecular weight excluding hydrogens is 222 g/mol. The van der Waals surface area contributed by atoms with E-state index in [-0.39, 0.29) is 0 Å². The second-order valence-corrected chi connectivity index (χ2v) is 5.71. The molecule has 0 saturated carbocycles. The summed E-state index contributed by atoms with van der Waals surface area (Å²) in [6.45, 7) is 11.2. The van der Waals surface area contributed by atoms with Gasteiger partial charge in [-0.05, 0) is 37.3 Å². The van der Waals surface area contributed by atoms with E-state index in [1.54, 1.807) is 0 Å². The summed E-state index contributed by atoms with van der Waals surface area (Å²) in [7, 11) is 0. The zero-order valence-electron chi connectivity index (χ0n) is 11.8. The molecule has 2 atom stereocenters. The van der Waals surface area contributed by atoms with Crippen LogP contribution < -0.4 is 5.32 Å². The molecule has 0 bridgehead atoms. The van der Waals surface area contributed by atoms with Crippen LogP contribution in [-0.2, 0) is 6.54 Å². The molecule has 0 amide bonds. The molecule has 1 fully saturated rings. The molecule has 1 aromatic heterocycles. The Morgan fingerprint density at radius 1 is 1.33 bits per heavy atom. The number of anilines is 1. The second kappa shape index (κ2) is 6.19. The van der Waals surface area contributed by atoms with E-state index in [2.05, 4.69) is 42.0 Å². The first kappa shape index (κ1) is 13.3. The van der Waals surface area contributed by atoms with Crippen molar-refractivity contribution in [1.82, 2.24) is 9.88 Å². The summed E-state index contributed by atoms with van der Waals surface area (Å²) in [6.07, 6.45) is 3.27. The van der Waals surface area contributed by atoms with E-state index in [9.17, 15) is 0 Å². The highest BCUT2D eigenvalue weighted by Gasteiger charge is 2.21. The number of likely N-dealkylation sites (tertiary alicyclic amines) is 1. The number of rotatable bonds is 4. The minimum atomic E-state index is 0.811. The van der Waals surface area contributed by atoms with Crippen LogP contribution in [0.25, 0.3) is 0 Å². The Labute approximate surface area is 111 Å². The molecule has 1 aromatic rings. The van der Waals surface area contributed by atoms with Gasteiger partial charge >= 0.3 is 0 Å². The van der Waals surface area contributed by atoms with Crippen molar-refractivity contribution in [3.05, 3.63) is 24.0 Å². The van der Waals surface area contributed by atoms with Gasteiger partial charge in [0.1, 0.15) is 0 Å². The van der Waals surface area contributed by atoms with Gasteiger partial charge in [-0.3, -0.25) is 9.88 Å². The Hall–Kier alpha value is -1.09. The van der Waals surface area contributed by atoms with E-state index in [1.165, 1.54) is 30.9 Å². The number of pyridine rings is 1. The van der Waals surface area contributed by atoms with Gasteiger partial charge in [0.25, 0.3) is 0 Å². The molecule has 1 N–H and O–H groups in total. The van der Waals surface area contributed by atoms with Gasteiger partial charge in [0, 0.05) is 38.1 Å². The van der Waals surface area contributed by atoms with Crippen LogP contribution in [0.4, 0.5) is 5.69 Å². The van der Waals surface area contributed by atoms with E-state index in [0.29, 0.717) is 0 Å². The summed E-state index contributed by atoms with van der Waals surface area (Å²) in [5.74, 6) is 1.62. The van der Waals surface area contributed by atoms with Crippen LogP contribution in [0, 0.1) is 11.8 Å². The summed E-state index contributed by atoms with van der Waals surface area (Å²) in [4.78, 5) is 7.02. The van der Waals surface area contributed by atoms with Gasteiger partial charge in [-0.1, -0.05) is 13.8 Å². The lowest BCUT2D eigenvalue weighted by Crippen LogP contribution is -2.38. The van der Waals surface area contributed by atoms with Crippen LogP contribution in [-0.4, -0.2) is 29.5 Å². The standard InChI is InChI=1S/C15H25N3/c1-4-16-14-5-6-17-15(8-14)11-18-9-12(2)7-13(3)10-18/h5-6,8,12-13H,4,7,9-11H2,1-3H3,(H,16,17). The maximum Gasteiger partial charge on any atom is 0.0564 e. The quantitative estimate of drug-likeness (QED) is 0.886. The number of aromatic nitrogens is 1. The Kier molecular flexibility index (Phi) is 4.59. The molecule has 3 nitrogen and oxygen atoms in total. The number of nitrogens with one attached hydrogen (secondary N) is 1. The first-order valence-corrected chi connectivity index (χ1v) is 7.08. The maximum atomic E-state index is 4.48. The fourth-order valence-electron chi connectivity index (χ4n) is 3.03. The van der Waals surface area contributed by atoms with Crippen molar-refractivity contribution in [2.45, 2.75) is 33.7 Å². The topological polar surface area (TPSA) is 28.2 Å². The highest BCUT2D eigenvalue weighted by atomic mass is 15.1. The van der Waals surface area contributed by atoms with Gasteiger partial charge in [0.15, 0.2) is 0 Å². The van der Waals surface area contributed by atoms with E-state index in [4.69, 9.17) is 0 Å². The lowest BCUT2D eigenvalue weighted by atomic mass is 9.92. The normalized spacial score (nSPS) is 25.1. The third-order valence-electron chi connectivity index (χ3n) is 3.53. The van der Waals surface area contributed by atoms with E-state index >= 15 is 0 Å². The molecule has 100 valence electrons. The summed E-state index contributed by atoms with van der Waals surface area (Å²) < 4.78 is 0. The zero-order chi connectivity index (χ0) is 13.0.